The minimum atomic E-state index is 0.825. The van der Waals surface area contributed by atoms with E-state index in [1.165, 1.54) is 44.1 Å². The number of hydrogen-bond donors (Lipinski definition) is 1. The molecule has 3 rings (SSSR count). The van der Waals surface area contributed by atoms with Crippen molar-refractivity contribution in [2.45, 2.75) is 57.2 Å². The second kappa shape index (κ2) is 6.06. The molecule has 2 aliphatic rings. The van der Waals surface area contributed by atoms with Crippen molar-refractivity contribution in [1.29, 1.82) is 0 Å². The van der Waals surface area contributed by atoms with Crippen LogP contribution in [0.15, 0.2) is 30.3 Å². The van der Waals surface area contributed by atoms with Crippen LogP contribution in [0.5, 0.6) is 0 Å². The first-order valence-electron chi connectivity index (χ1n) is 7.88. The van der Waals surface area contributed by atoms with Gasteiger partial charge in [0, 0.05) is 18.6 Å². The van der Waals surface area contributed by atoms with E-state index in [1.807, 2.05) is 0 Å². The minimum absolute atomic E-state index is 0.825. The lowest BCUT2D eigenvalue weighted by Gasteiger charge is -2.40. The van der Waals surface area contributed by atoms with Crippen molar-refractivity contribution < 1.29 is 0 Å². The SMILES string of the molecule is NCCCC1CCC2CCC1N2Cc1ccccc1. The molecule has 0 aromatic heterocycles. The van der Waals surface area contributed by atoms with Crippen molar-refractivity contribution >= 4 is 0 Å². The fraction of sp³-hybridized carbons (Fsp3) is 0.647. The van der Waals surface area contributed by atoms with Crippen LogP contribution in [0.1, 0.15) is 44.1 Å². The van der Waals surface area contributed by atoms with Crippen LogP contribution >= 0.6 is 0 Å². The van der Waals surface area contributed by atoms with Gasteiger partial charge < -0.3 is 5.73 Å². The minimum Gasteiger partial charge on any atom is -0.330 e. The van der Waals surface area contributed by atoms with Crippen LogP contribution in [-0.4, -0.2) is 23.5 Å². The Bertz CT molecular complexity index is 390. The van der Waals surface area contributed by atoms with Crippen molar-refractivity contribution in [3.8, 4) is 0 Å². The van der Waals surface area contributed by atoms with Crippen LogP contribution in [0.2, 0.25) is 0 Å². The average Bonchev–Trinajstić information content (AvgIpc) is 2.71. The highest BCUT2D eigenvalue weighted by atomic mass is 15.2. The second-order valence-electron chi connectivity index (χ2n) is 6.22. The van der Waals surface area contributed by atoms with E-state index in [0.29, 0.717) is 0 Å². The molecular weight excluding hydrogens is 232 g/mol. The van der Waals surface area contributed by atoms with E-state index in [1.54, 1.807) is 0 Å². The zero-order chi connectivity index (χ0) is 13.1. The molecule has 1 aromatic carbocycles. The number of rotatable bonds is 5. The van der Waals surface area contributed by atoms with Crippen molar-refractivity contribution in [3.05, 3.63) is 35.9 Å². The summed E-state index contributed by atoms with van der Waals surface area (Å²) in [5, 5.41) is 0. The maximum atomic E-state index is 5.69. The molecule has 2 fully saturated rings. The quantitative estimate of drug-likeness (QED) is 0.879. The first kappa shape index (κ1) is 13.1. The molecule has 0 saturated carbocycles. The van der Waals surface area contributed by atoms with Gasteiger partial charge in [-0.2, -0.15) is 0 Å². The van der Waals surface area contributed by atoms with Gasteiger partial charge in [0.2, 0.25) is 0 Å². The van der Waals surface area contributed by atoms with Crippen LogP contribution in [0, 0.1) is 5.92 Å². The zero-order valence-corrected chi connectivity index (χ0v) is 11.8. The Morgan fingerprint density at radius 1 is 1.05 bits per heavy atom. The molecule has 3 atom stereocenters. The molecule has 2 nitrogen and oxygen atoms in total. The Morgan fingerprint density at radius 3 is 2.63 bits per heavy atom. The number of nitrogens with zero attached hydrogens (tertiary/aromatic N) is 1. The summed E-state index contributed by atoms with van der Waals surface area (Å²) in [6.07, 6.45) is 8.19. The second-order valence-corrected chi connectivity index (χ2v) is 6.22. The Balaban J connectivity index is 1.67. The Morgan fingerprint density at radius 2 is 1.84 bits per heavy atom. The van der Waals surface area contributed by atoms with Crippen LogP contribution in [0.4, 0.5) is 0 Å². The molecule has 2 heteroatoms. The molecule has 1 aromatic rings. The molecule has 2 aliphatic heterocycles. The molecule has 19 heavy (non-hydrogen) atoms. The molecule has 0 amide bonds. The zero-order valence-electron chi connectivity index (χ0n) is 11.8. The van der Waals surface area contributed by atoms with Crippen LogP contribution in [-0.2, 0) is 6.54 Å². The van der Waals surface area contributed by atoms with Gasteiger partial charge in [-0.3, -0.25) is 4.90 Å². The summed E-state index contributed by atoms with van der Waals surface area (Å²) in [5.41, 5.74) is 7.16. The number of benzene rings is 1. The highest BCUT2D eigenvalue weighted by Gasteiger charge is 2.41. The number of hydrogen-bond acceptors (Lipinski definition) is 2. The van der Waals surface area contributed by atoms with Gasteiger partial charge in [0.05, 0.1) is 0 Å². The highest BCUT2D eigenvalue weighted by Crippen LogP contribution is 2.41. The Kier molecular flexibility index (Phi) is 4.19. The molecule has 2 N–H and O–H groups in total. The van der Waals surface area contributed by atoms with Crippen LogP contribution < -0.4 is 5.73 Å². The third kappa shape index (κ3) is 2.85. The van der Waals surface area contributed by atoms with E-state index in [9.17, 15) is 0 Å². The van der Waals surface area contributed by atoms with Crippen LogP contribution in [0.3, 0.4) is 0 Å². The average molecular weight is 258 g/mol. The third-order valence-corrected chi connectivity index (χ3v) is 5.09. The smallest absolute Gasteiger partial charge is 0.0239 e. The molecule has 2 bridgehead atoms. The van der Waals surface area contributed by atoms with Crippen molar-refractivity contribution in [2.75, 3.05) is 6.54 Å². The van der Waals surface area contributed by atoms with Gasteiger partial charge in [-0.15, -0.1) is 0 Å². The Labute approximate surface area is 117 Å². The molecule has 3 unspecified atom stereocenters. The number of fused-ring (bicyclic) bond motifs is 2. The van der Waals surface area contributed by atoms with Gasteiger partial charge >= 0.3 is 0 Å². The molecular formula is C17H26N2. The van der Waals surface area contributed by atoms with Gasteiger partial charge in [-0.05, 0) is 56.6 Å². The Hall–Kier alpha value is -0.860. The topological polar surface area (TPSA) is 29.3 Å². The number of piperidine rings is 1. The summed E-state index contributed by atoms with van der Waals surface area (Å²) >= 11 is 0. The van der Waals surface area contributed by atoms with E-state index in [4.69, 9.17) is 5.73 Å². The third-order valence-electron chi connectivity index (χ3n) is 5.09. The molecule has 0 spiro atoms. The fourth-order valence-electron chi connectivity index (χ4n) is 4.14. The van der Waals surface area contributed by atoms with Crippen molar-refractivity contribution in [2.24, 2.45) is 11.7 Å². The van der Waals surface area contributed by atoms with Crippen molar-refractivity contribution in [1.82, 2.24) is 4.90 Å². The molecule has 0 radical (unpaired) electrons. The summed E-state index contributed by atoms with van der Waals surface area (Å²) in [5.74, 6) is 0.894. The fourth-order valence-corrected chi connectivity index (χ4v) is 4.14. The summed E-state index contributed by atoms with van der Waals surface area (Å²) in [7, 11) is 0. The van der Waals surface area contributed by atoms with Gasteiger partial charge in [0.25, 0.3) is 0 Å². The largest absolute Gasteiger partial charge is 0.330 e. The summed E-state index contributed by atoms with van der Waals surface area (Å²) in [4.78, 5) is 2.79. The normalized spacial score (nSPS) is 30.7. The van der Waals surface area contributed by atoms with E-state index in [2.05, 4.69) is 35.2 Å². The van der Waals surface area contributed by atoms with Gasteiger partial charge in [-0.1, -0.05) is 30.3 Å². The predicted molar refractivity (Wildman–Crippen MR) is 79.8 cm³/mol. The molecule has 0 aliphatic carbocycles. The van der Waals surface area contributed by atoms with Crippen molar-refractivity contribution in [3.63, 3.8) is 0 Å². The maximum Gasteiger partial charge on any atom is 0.0239 e. The van der Waals surface area contributed by atoms with Gasteiger partial charge in [-0.25, -0.2) is 0 Å². The number of nitrogens with two attached hydrogens (primary N) is 1. The first-order chi connectivity index (χ1) is 9.38. The van der Waals surface area contributed by atoms with E-state index in [-0.39, 0.29) is 0 Å². The van der Waals surface area contributed by atoms with E-state index < -0.39 is 0 Å². The lowest BCUT2D eigenvalue weighted by Crippen LogP contribution is -2.44. The summed E-state index contributed by atoms with van der Waals surface area (Å²) in [6.45, 7) is 2.00. The molecule has 2 saturated heterocycles. The monoisotopic (exact) mass is 258 g/mol. The standard InChI is InChI=1S/C17H26N2/c18-12-4-7-15-8-9-16-10-11-17(15)19(16)13-14-5-2-1-3-6-14/h1-3,5-6,15-17H,4,7-13,18H2. The summed E-state index contributed by atoms with van der Waals surface area (Å²) in [6, 6.07) is 12.6. The van der Waals surface area contributed by atoms with E-state index >= 15 is 0 Å². The lowest BCUT2D eigenvalue weighted by atomic mass is 9.86. The van der Waals surface area contributed by atoms with E-state index in [0.717, 1.165) is 31.1 Å². The van der Waals surface area contributed by atoms with Gasteiger partial charge in [0.1, 0.15) is 0 Å². The lowest BCUT2D eigenvalue weighted by molar-refractivity contribution is 0.0787. The van der Waals surface area contributed by atoms with Crippen LogP contribution in [0.25, 0.3) is 0 Å². The predicted octanol–water partition coefficient (Wildman–Crippen LogP) is 3.17. The highest BCUT2D eigenvalue weighted by molar-refractivity contribution is 5.15. The summed E-state index contributed by atoms with van der Waals surface area (Å²) < 4.78 is 0. The molecule has 2 heterocycles. The van der Waals surface area contributed by atoms with Gasteiger partial charge in [0.15, 0.2) is 0 Å². The maximum absolute atomic E-state index is 5.69. The first-order valence-corrected chi connectivity index (χ1v) is 7.88. The molecule has 104 valence electrons.